The van der Waals surface area contributed by atoms with Crippen LogP contribution in [0.3, 0.4) is 0 Å². The van der Waals surface area contributed by atoms with Crippen molar-refractivity contribution in [2.45, 2.75) is 32.2 Å². The number of halogens is 2. The lowest BCUT2D eigenvalue weighted by Gasteiger charge is -2.35. The predicted octanol–water partition coefficient (Wildman–Crippen LogP) is 4.08. The Bertz CT molecular complexity index is 1280. The zero-order valence-electron chi connectivity index (χ0n) is 17.0. The fourth-order valence-electron chi connectivity index (χ4n) is 3.89. The number of nitrogens with one attached hydrogen (secondary N) is 1. The number of amides is 1. The second-order valence-electron chi connectivity index (χ2n) is 7.66. The van der Waals surface area contributed by atoms with Crippen molar-refractivity contribution in [2.75, 3.05) is 17.5 Å². The average molecular weight is 482 g/mol. The third-order valence-corrected chi connectivity index (χ3v) is 6.22. The maximum absolute atomic E-state index is 13.5. The number of imidazole rings is 1. The summed E-state index contributed by atoms with van der Waals surface area (Å²) in [6.45, 7) is 2.42. The van der Waals surface area contributed by atoms with E-state index in [-0.39, 0.29) is 23.2 Å². The molecule has 0 unspecified atom stereocenters. The number of hydrogen-bond donors (Lipinski definition) is 1. The first kappa shape index (κ1) is 21.9. The van der Waals surface area contributed by atoms with Crippen LogP contribution in [0.2, 0.25) is 10.2 Å². The van der Waals surface area contributed by atoms with Crippen LogP contribution in [-0.4, -0.2) is 46.6 Å². The van der Waals surface area contributed by atoms with E-state index in [1.807, 2.05) is 6.92 Å². The van der Waals surface area contributed by atoms with Crippen LogP contribution in [-0.2, 0) is 10.0 Å². The largest absolute Gasteiger partial charge is 0.330 e. The van der Waals surface area contributed by atoms with Crippen molar-refractivity contribution in [3.8, 4) is 0 Å². The number of carbonyl (C=O) groups excluding carboxylic acids is 1. The minimum Gasteiger partial charge on any atom is -0.330 e. The molecule has 1 aromatic carbocycles. The number of aryl methyl sites for hydroxylation is 1. The second kappa shape index (κ2) is 8.29. The van der Waals surface area contributed by atoms with E-state index in [1.165, 1.54) is 12.1 Å². The summed E-state index contributed by atoms with van der Waals surface area (Å²) in [4.78, 5) is 20.0. The van der Waals surface area contributed by atoms with Crippen molar-refractivity contribution in [3.63, 3.8) is 0 Å². The molecule has 3 heterocycles. The van der Waals surface area contributed by atoms with Gasteiger partial charge in [-0.1, -0.05) is 23.2 Å². The number of likely N-dealkylation sites (tertiary alicyclic amines) is 1. The van der Waals surface area contributed by atoms with E-state index in [0.29, 0.717) is 28.1 Å². The Morgan fingerprint density at radius 3 is 2.74 bits per heavy atom. The predicted molar refractivity (Wildman–Crippen MR) is 120 cm³/mol. The van der Waals surface area contributed by atoms with E-state index in [1.54, 1.807) is 27.7 Å². The summed E-state index contributed by atoms with van der Waals surface area (Å²) in [5.74, 6) is -0.307. The smallest absolute Gasteiger partial charge is 0.256 e. The summed E-state index contributed by atoms with van der Waals surface area (Å²) in [7, 11) is -3.57. The number of hydrogen-bond acceptors (Lipinski definition) is 5. The van der Waals surface area contributed by atoms with Gasteiger partial charge in [-0.15, -0.1) is 0 Å². The van der Waals surface area contributed by atoms with Gasteiger partial charge in [0.15, 0.2) is 5.65 Å². The Morgan fingerprint density at radius 1 is 1.23 bits per heavy atom. The highest BCUT2D eigenvalue weighted by Crippen LogP contribution is 2.34. The standard InChI is InChI=1S/C20H21Cl2N5O3S/c1-12-9-18(22)24-27-11-16(23-19(12)27)17-5-3-4-8-26(17)20(28)14-10-13(21)6-7-15(14)25-31(2,29)30/h6-7,9-11,17,25H,3-5,8H2,1-2H3/t17-/m0/s1. The fourth-order valence-corrected chi connectivity index (χ4v) is 4.88. The summed E-state index contributed by atoms with van der Waals surface area (Å²) in [6, 6.07) is 5.99. The number of benzene rings is 1. The quantitative estimate of drug-likeness (QED) is 0.605. The molecule has 164 valence electrons. The molecule has 3 aromatic rings. The van der Waals surface area contributed by atoms with Crippen LogP contribution >= 0.6 is 23.2 Å². The Kier molecular flexibility index (Phi) is 5.85. The van der Waals surface area contributed by atoms with Crippen LogP contribution in [0, 0.1) is 6.92 Å². The first-order chi connectivity index (χ1) is 14.6. The molecule has 2 aromatic heterocycles. The maximum atomic E-state index is 13.5. The Labute approximate surface area is 190 Å². The number of sulfonamides is 1. The van der Waals surface area contributed by atoms with Gasteiger partial charge >= 0.3 is 0 Å². The number of nitrogens with zero attached hydrogens (tertiary/aromatic N) is 4. The molecule has 1 amide bonds. The van der Waals surface area contributed by atoms with Gasteiger partial charge in [0.05, 0.1) is 35.4 Å². The number of piperidine rings is 1. The van der Waals surface area contributed by atoms with Crippen molar-refractivity contribution < 1.29 is 13.2 Å². The molecule has 31 heavy (non-hydrogen) atoms. The Morgan fingerprint density at radius 2 is 2.00 bits per heavy atom. The fraction of sp³-hybridized carbons (Fsp3) is 0.350. The number of carbonyl (C=O) groups is 1. The normalized spacial score (nSPS) is 17.2. The molecule has 1 atom stereocenters. The molecule has 0 aliphatic carbocycles. The molecule has 4 rings (SSSR count). The first-order valence-corrected chi connectivity index (χ1v) is 12.4. The lowest BCUT2D eigenvalue weighted by Crippen LogP contribution is -2.39. The van der Waals surface area contributed by atoms with Crippen molar-refractivity contribution in [1.82, 2.24) is 19.5 Å². The molecule has 1 saturated heterocycles. The molecular formula is C20H21Cl2N5O3S. The highest BCUT2D eigenvalue weighted by Gasteiger charge is 2.32. The van der Waals surface area contributed by atoms with Crippen LogP contribution in [0.15, 0.2) is 30.5 Å². The topological polar surface area (TPSA) is 96.7 Å². The Balaban J connectivity index is 1.74. The molecule has 1 aliphatic rings. The van der Waals surface area contributed by atoms with E-state index in [2.05, 4.69) is 9.82 Å². The van der Waals surface area contributed by atoms with Crippen LogP contribution in [0.25, 0.3) is 5.65 Å². The zero-order valence-corrected chi connectivity index (χ0v) is 19.3. The minimum absolute atomic E-state index is 0.195. The van der Waals surface area contributed by atoms with Gasteiger partial charge < -0.3 is 4.90 Å². The van der Waals surface area contributed by atoms with Crippen LogP contribution in [0.1, 0.15) is 46.9 Å². The third-order valence-electron chi connectivity index (χ3n) is 5.21. The number of fused-ring (bicyclic) bond motifs is 1. The van der Waals surface area contributed by atoms with Crippen LogP contribution in [0.4, 0.5) is 5.69 Å². The third kappa shape index (κ3) is 4.63. The lowest BCUT2D eigenvalue weighted by molar-refractivity contribution is 0.0608. The van der Waals surface area contributed by atoms with E-state index in [0.717, 1.165) is 31.1 Å². The van der Waals surface area contributed by atoms with E-state index >= 15 is 0 Å². The summed E-state index contributed by atoms with van der Waals surface area (Å²) in [5, 5.41) is 4.98. The van der Waals surface area contributed by atoms with Gasteiger partial charge in [-0.25, -0.2) is 17.9 Å². The van der Waals surface area contributed by atoms with Gasteiger partial charge in [0, 0.05) is 11.6 Å². The van der Waals surface area contributed by atoms with Gasteiger partial charge in [-0.3, -0.25) is 9.52 Å². The van der Waals surface area contributed by atoms with Gasteiger partial charge in [0.2, 0.25) is 10.0 Å². The summed E-state index contributed by atoms with van der Waals surface area (Å²) in [6.07, 6.45) is 5.35. The molecular weight excluding hydrogens is 461 g/mol. The zero-order chi connectivity index (χ0) is 22.3. The van der Waals surface area contributed by atoms with Gasteiger partial charge in [0.25, 0.3) is 5.91 Å². The average Bonchev–Trinajstić information content (AvgIpc) is 3.12. The van der Waals surface area contributed by atoms with Crippen LogP contribution in [0.5, 0.6) is 0 Å². The SMILES string of the molecule is Cc1cc(Cl)nn2cc([C@@H]3CCCCN3C(=O)c3cc(Cl)ccc3NS(C)(=O)=O)nc12. The van der Waals surface area contributed by atoms with Gasteiger partial charge in [-0.05, 0) is 56.0 Å². The molecule has 11 heteroatoms. The molecule has 1 fully saturated rings. The summed E-state index contributed by atoms with van der Waals surface area (Å²) >= 11 is 12.2. The number of aromatic nitrogens is 3. The molecule has 0 radical (unpaired) electrons. The van der Waals surface area contributed by atoms with Gasteiger partial charge in [-0.2, -0.15) is 5.10 Å². The first-order valence-electron chi connectivity index (χ1n) is 9.73. The molecule has 0 spiro atoms. The Hall–Kier alpha value is -2.36. The number of anilines is 1. The van der Waals surface area contributed by atoms with Crippen LogP contribution < -0.4 is 4.72 Å². The van der Waals surface area contributed by atoms with E-state index in [4.69, 9.17) is 28.2 Å². The second-order valence-corrected chi connectivity index (χ2v) is 10.2. The molecule has 1 N–H and O–H groups in total. The molecule has 0 bridgehead atoms. The molecule has 8 nitrogen and oxygen atoms in total. The van der Waals surface area contributed by atoms with E-state index < -0.39 is 10.0 Å². The summed E-state index contributed by atoms with van der Waals surface area (Å²) in [5.41, 5.74) is 2.67. The van der Waals surface area contributed by atoms with Crippen molar-refractivity contribution >= 4 is 50.5 Å². The monoisotopic (exact) mass is 481 g/mol. The highest BCUT2D eigenvalue weighted by molar-refractivity contribution is 7.92. The van der Waals surface area contributed by atoms with Gasteiger partial charge in [0.1, 0.15) is 5.15 Å². The lowest BCUT2D eigenvalue weighted by atomic mass is 9.98. The molecule has 0 saturated carbocycles. The highest BCUT2D eigenvalue weighted by atomic mass is 35.5. The molecule has 1 aliphatic heterocycles. The number of rotatable bonds is 4. The minimum atomic E-state index is -3.57. The summed E-state index contributed by atoms with van der Waals surface area (Å²) < 4.78 is 27.6. The van der Waals surface area contributed by atoms with Crippen molar-refractivity contribution in [2.24, 2.45) is 0 Å². The maximum Gasteiger partial charge on any atom is 0.256 e. The van der Waals surface area contributed by atoms with E-state index in [9.17, 15) is 13.2 Å². The van der Waals surface area contributed by atoms with Crippen molar-refractivity contribution in [1.29, 1.82) is 0 Å². The van der Waals surface area contributed by atoms with Crippen molar-refractivity contribution in [3.05, 3.63) is 57.5 Å².